The molecule has 1 heterocycles. The molecule has 0 aromatic heterocycles. The minimum absolute atomic E-state index is 0.580. The van der Waals surface area contributed by atoms with Crippen LogP contribution in [0.1, 0.15) is 5.56 Å². The molecular formula is C9H10O2. The van der Waals surface area contributed by atoms with E-state index in [1.807, 2.05) is 24.3 Å². The molecule has 1 aliphatic rings. The van der Waals surface area contributed by atoms with Crippen molar-refractivity contribution in [2.75, 3.05) is 0 Å². The number of benzene rings is 1. The highest BCUT2D eigenvalue weighted by atomic mass is 17.2. The molecule has 2 nitrogen and oxygen atoms in total. The van der Waals surface area contributed by atoms with Gasteiger partial charge in [-0.05, 0) is 6.07 Å². The van der Waals surface area contributed by atoms with Crippen molar-refractivity contribution in [3.63, 3.8) is 0 Å². The summed E-state index contributed by atoms with van der Waals surface area (Å²) in [5, 5.41) is 0. The van der Waals surface area contributed by atoms with Crippen LogP contribution in [0.2, 0.25) is 0 Å². The summed E-state index contributed by atoms with van der Waals surface area (Å²) in [6.45, 7) is 6.58. The second-order valence-electron chi connectivity index (χ2n) is 1.95. The number of fused-ring (bicyclic) bond motifs is 1. The number of hydrogen-bond acceptors (Lipinski definition) is 2. The fourth-order valence-electron chi connectivity index (χ4n) is 0.861. The van der Waals surface area contributed by atoms with Gasteiger partial charge in [-0.25, -0.2) is 0 Å². The van der Waals surface area contributed by atoms with Crippen molar-refractivity contribution in [3.05, 3.63) is 43.0 Å². The highest BCUT2D eigenvalue weighted by Gasteiger charge is 2.10. The molecule has 0 aliphatic carbocycles. The highest BCUT2D eigenvalue weighted by Crippen LogP contribution is 2.24. The van der Waals surface area contributed by atoms with Crippen LogP contribution in [0.4, 0.5) is 0 Å². The predicted molar refractivity (Wildman–Crippen MR) is 43.1 cm³/mol. The maximum atomic E-state index is 4.80. The maximum absolute atomic E-state index is 4.80. The van der Waals surface area contributed by atoms with E-state index in [9.17, 15) is 0 Å². The third-order valence-electron chi connectivity index (χ3n) is 1.34. The zero-order chi connectivity index (χ0) is 8.10. The number of para-hydroxylation sites is 1. The van der Waals surface area contributed by atoms with Gasteiger partial charge in [-0.2, -0.15) is 4.89 Å². The number of rotatable bonds is 0. The van der Waals surface area contributed by atoms with Crippen molar-refractivity contribution < 1.29 is 9.78 Å². The quantitative estimate of drug-likeness (QED) is 0.417. The standard InChI is InChI=1S/C7H6O2.C2H4/c1-2-4-7-6(3-1)5-8-9-7;1-2/h1-4H,5H2;1-2H2. The molecule has 11 heavy (non-hydrogen) atoms. The molecule has 0 bridgehead atoms. The van der Waals surface area contributed by atoms with E-state index in [0.29, 0.717) is 6.61 Å². The summed E-state index contributed by atoms with van der Waals surface area (Å²) in [5.41, 5.74) is 1.12. The topological polar surface area (TPSA) is 18.5 Å². The SMILES string of the molecule is C=C.c1ccc2c(c1)COO2. The molecule has 0 spiro atoms. The van der Waals surface area contributed by atoms with Crippen molar-refractivity contribution in [1.29, 1.82) is 0 Å². The van der Waals surface area contributed by atoms with E-state index in [-0.39, 0.29) is 0 Å². The zero-order valence-electron chi connectivity index (χ0n) is 6.25. The molecule has 0 unspecified atom stereocenters. The van der Waals surface area contributed by atoms with Crippen LogP contribution in [0.5, 0.6) is 5.75 Å². The van der Waals surface area contributed by atoms with Crippen LogP contribution in [0.25, 0.3) is 0 Å². The van der Waals surface area contributed by atoms with E-state index in [1.54, 1.807) is 0 Å². The molecule has 2 rings (SSSR count). The monoisotopic (exact) mass is 150 g/mol. The summed E-state index contributed by atoms with van der Waals surface area (Å²) in [5.74, 6) is 0.845. The lowest BCUT2D eigenvalue weighted by Crippen LogP contribution is -1.80. The summed E-state index contributed by atoms with van der Waals surface area (Å²) < 4.78 is 0. The number of hydrogen-bond donors (Lipinski definition) is 0. The lowest BCUT2D eigenvalue weighted by atomic mass is 10.2. The smallest absolute Gasteiger partial charge is 0.171 e. The van der Waals surface area contributed by atoms with Crippen molar-refractivity contribution in [1.82, 2.24) is 0 Å². The van der Waals surface area contributed by atoms with Gasteiger partial charge in [-0.15, -0.1) is 13.2 Å². The Labute approximate surface area is 66.0 Å². The first-order chi connectivity index (χ1) is 5.47. The van der Waals surface area contributed by atoms with Gasteiger partial charge in [0.1, 0.15) is 6.61 Å². The molecule has 0 N–H and O–H groups in total. The third-order valence-corrected chi connectivity index (χ3v) is 1.34. The average Bonchev–Trinajstić information content (AvgIpc) is 2.55. The lowest BCUT2D eigenvalue weighted by molar-refractivity contribution is -0.194. The van der Waals surface area contributed by atoms with Crippen molar-refractivity contribution in [3.8, 4) is 5.75 Å². The lowest BCUT2D eigenvalue weighted by Gasteiger charge is -1.89. The van der Waals surface area contributed by atoms with Gasteiger partial charge in [0.25, 0.3) is 0 Å². The van der Waals surface area contributed by atoms with E-state index in [2.05, 4.69) is 13.2 Å². The maximum Gasteiger partial charge on any atom is 0.171 e. The van der Waals surface area contributed by atoms with Crippen LogP contribution in [0.15, 0.2) is 37.4 Å². The Bertz CT molecular complexity index is 210. The van der Waals surface area contributed by atoms with Crippen molar-refractivity contribution in [2.24, 2.45) is 0 Å². The van der Waals surface area contributed by atoms with Crippen LogP contribution in [0, 0.1) is 0 Å². The first-order valence-corrected chi connectivity index (χ1v) is 3.34. The Morgan fingerprint density at radius 1 is 1.18 bits per heavy atom. The molecule has 0 saturated heterocycles. The van der Waals surface area contributed by atoms with Crippen LogP contribution in [-0.2, 0) is 11.5 Å². The van der Waals surface area contributed by atoms with Crippen LogP contribution < -0.4 is 4.89 Å². The normalized spacial score (nSPS) is 12.4. The van der Waals surface area contributed by atoms with Crippen molar-refractivity contribution >= 4 is 0 Å². The van der Waals surface area contributed by atoms with E-state index in [1.165, 1.54) is 0 Å². The van der Waals surface area contributed by atoms with Gasteiger partial charge in [0.15, 0.2) is 5.75 Å². The van der Waals surface area contributed by atoms with Crippen LogP contribution >= 0.6 is 0 Å². The van der Waals surface area contributed by atoms with Crippen LogP contribution in [0.3, 0.4) is 0 Å². The van der Waals surface area contributed by atoms with Gasteiger partial charge < -0.3 is 4.89 Å². The summed E-state index contributed by atoms with van der Waals surface area (Å²) in [6.07, 6.45) is 0. The second-order valence-corrected chi connectivity index (χ2v) is 1.95. The first kappa shape index (κ1) is 7.82. The van der Waals surface area contributed by atoms with Gasteiger partial charge in [-0.1, -0.05) is 18.2 Å². The Morgan fingerprint density at radius 2 is 1.91 bits per heavy atom. The van der Waals surface area contributed by atoms with Gasteiger partial charge in [0.05, 0.1) is 0 Å². The zero-order valence-corrected chi connectivity index (χ0v) is 6.25. The van der Waals surface area contributed by atoms with Gasteiger partial charge in [0.2, 0.25) is 0 Å². The summed E-state index contributed by atoms with van der Waals surface area (Å²) >= 11 is 0. The molecule has 0 radical (unpaired) electrons. The van der Waals surface area contributed by atoms with Crippen LogP contribution in [-0.4, -0.2) is 0 Å². The molecule has 0 amide bonds. The summed E-state index contributed by atoms with van der Waals surface area (Å²) in [4.78, 5) is 9.51. The Morgan fingerprint density at radius 3 is 2.64 bits per heavy atom. The van der Waals surface area contributed by atoms with Gasteiger partial charge >= 0.3 is 0 Å². The highest BCUT2D eigenvalue weighted by molar-refractivity contribution is 5.33. The summed E-state index contributed by atoms with van der Waals surface area (Å²) in [6, 6.07) is 7.77. The molecule has 58 valence electrons. The largest absolute Gasteiger partial charge is 0.337 e. The van der Waals surface area contributed by atoms with Crippen molar-refractivity contribution in [2.45, 2.75) is 6.61 Å². The van der Waals surface area contributed by atoms with E-state index < -0.39 is 0 Å². The predicted octanol–water partition coefficient (Wildman–Crippen LogP) is 2.31. The van der Waals surface area contributed by atoms with E-state index in [4.69, 9.17) is 9.78 Å². The molecule has 1 aromatic rings. The molecule has 0 saturated carbocycles. The molecule has 1 aliphatic heterocycles. The Kier molecular flexibility index (Phi) is 2.69. The third kappa shape index (κ3) is 1.59. The Balaban J connectivity index is 0.000000281. The molecule has 0 fully saturated rings. The van der Waals surface area contributed by atoms with E-state index >= 15 is 0 Å². The first-order valence-electron chi connectivity index (χ1n) is 3.34. The molecular weight excluding hydrogens is 140 g/mol. The second kappa shape index (κ2) is 3.78. The molecule has 0 atom stereocenters. The van der Waals surface area contributed by atoms with E-state index in [0.717, 1.165) is 11.3 Å². The average molecular weight is 150 g/mol. The van der Waals surface area contributed by atoms with Gasteiger partial charge in [-0.3, -0.25) is 0 Å². The molecule has 1 aromatic carbocycles. The molecule has 2 heteroatoms. The fourth-order valence-corrected chi connectivity index (χ4v) is 0.861. The Hall–Kier alpha value is -1.28. The van der Waals surface area contributed by atoms with Gasteiger partial charge in [0, 0.05) is 5.56 Å². The minimum Gasteiger partial charge on any atom is -0.337 e. The summed E-state index contributed by atoms with van der Waals surface area (Å²) in [7, 11) is 0. The fraction of sp³-hybridized carbons (Fsp3) is 0.111. The minimum atomic E-state index is 0.580.